The number of benzene rings is 3. The van der Waals surface area contributed by atoms with Crippen LogP contribution in [0.4, 0.5) is 47.3 Å². The Balaban J connectivity index is 1.93. The number of Topliss-reactive ketones (excluding diaryl/α,β-unsaturated/α-hetero) is 1. The number of carboxylic acid groups (broad SMARTS) is 2. The Kier molecular flexibility index (Phi) is 8.87. The number of para-hydroxylation sites is 2. The lowest BCUT2D eigenvalue weighted by atomic mass is 9.79. The van der Waals surface area contributed by atoms with E-state index in [1.165, 1.54) is 12.1 Å². The monoisotopic (exact) mass is 664 g/mol. The number of anilines is 2. The first kappa shape index (κ1) is 32.3. The Morgan fingerprint density at radius 1 is 0.791 bits per heavy atom. The number of ketones is 1. The SMILES string of the molecule is O=C([O-])N(CC1(CN(C(=O)[O-])c2ccccc2C(F)(F)F)CSc2c(ccc(Cl)c2Cl)C1=O)c1ccccc1C(F)(F)F. The van der Waals surface area contributed by atoms with Gasteiger partial charge in [0, 0.05) is 29.3 Å². The van der Waals surface area contributed by atoms with Crippen LogP contribution in [0.3, 0.4) is 0 Å². The second-order valence-corrected chi connectivity index (χ2v) is 11.1. The zero-order valence-corrected chi connectivity index (χ0v) is 23.6. The largest absolute Gasteiger partial charge is 0.530 e. The van der Waals surface area contributed by atoms with Crippen molar-refractivity contribution in [1.29, 1.82) is 0 Å². The number of fused-ring (bicyclic) bond motifs is 1. The summed E-state index contributed by atoms with van der Waals surface area (Å²) in [5, 5.41) is 24.6. The molecule has 3 aromatic rings. The molecule has 0 fully saturated rings. The van der Waals surface area contributed by atoms with Crippen LogP contribution in [-0.2, 0) is 12.4 Å². The zero-order valence-electron chi connectivity index (χ0n) is 21.3. The molecular weight excluding hydrogens is 649 g/mol. The molecule has 0 atom stereocenters. The van der Waals surface area contributed by atoms with Crippen molar-refractivity contribution >= 4 is 64.3 Å². The van der Waals surface area contributed by atoms with Gasteiger partial charge in [-0.3, -0.25) is 4.79 Å². The molecular formula is C27H16Cl2F6N2O5S-2. The van der Waals surface area contributed by atoms with Crippen LogP contribution in [0.2, 0.25) is 10.0 Å². The standard InChI is InChI=1S/C27H18Cl2F6N2O5S/c28-17-10-9-14-21(20(17)29)43-13-25(22(14)38,11-36(23(39)40)18-7-3-1-5-15(18)26(30,31)32)12-37(24(41)42)19-8-4-2-6-16(19)27(33,34)35/h1-10H,11-13H2,(H,39,40)(H,41,42)/p-2. The van der Waals surface area contributed by atoms with Gasteiger partial charge in [-0.2, -0.15) is 26.3 Å². The zero-order chi connectivity index (χ0) is 31.9. The minimum Gasteiger partial charge on any atom is -0.530 e. The van der Waals surface area contributed by atoms with E-state index in [1.54, 1.807) is 0 Å². The molecule has 1 aliphatic rings. The number of alkyl halides is 6. The topological polar surface area (TPSA) is 104 Å². The van der Waals surface area contributed by atoms with E-state index in [4.69, 9.17) is 23.2 Å². The minimum atomic E-state index is -5.07. The van der Waals surface area contributed by atoms with Crippen LogP contribution in [0, 0.1) is 5.41 Å². The summed E-state index contributed by atoms with van der Waals surface area (Å²) in [7, 11) is 0. The number of hydrogen-bond donors (Lipinski definition) is 0. The Morgan fingerprint density at radius 3 is 1.65 bits per heavy atom. The predicted octanol–water partition coefficient (Wildman–Crippen LogP) is 6.01. The van der Waals surface area contributed by atoms with Crippen LogP contribution in [-0.4, -0.2) is 36.8 Å². The molecule has 0 aliphatic carbocycles. The molecule has 0 saturated carbocycles. The molecule has 16 heteroatoms. The molecule has 0 radical (unpaired) electrons. The number of hydrogen-bond acceptors (Lipinski definition) is 6. The summed E-state index contributed by atoms with van der Waals surface area (Å²) < 4.78 is 83.1. The first-order valence-corrected chi connectivity index (χ1v) is 13.7. The number of carbonyl (C=O) groups is 3. The van der Waals surface area contributed by atoms with Crippen LogP contribution >= 0.6 is 35.0 Å². The van der Waals surface area contributed by atoms with Gasteiger partial charge in [-0.1, -0.05) is 47.5 Å². The Hall–Kier alpha value is -3.62. The van der Waals surface area contributed by atoms with Crippen LogP contribution < -0.4 is 20.0 Å². The summed E-state index contributed by atoms with van der Waals surface area (Å²) in [6.07, 6.45) is -14.5. The van der Waals surface area contributed by atoms with Crippen molar-refractivity contribution in [2.24, 2.45) is 5.41 Å². The molecule has 4 rings (SSSR count). The fourth-order valence-corrected chi connectivity index (χ4v) is 6.53. The van der Waals surface area contributed by atoms with Gasteiger partial charge in [-0.05, 0) is 36.4 Å². The number of amides is 2. The van der Waals surface area contributed by atoms with Gasteiger partial charge in [0.05, 0.1) is 38.0 Å². The van der Waals surface area contributed by atoms with Crippen LogP contribution in [0.15, 0.2) is 65.6 Å². The predicted molar refractivity (Wildman–Crippen MR) is 142 cm³/mol. The molecule has 0 unspecified atom stereocenters. The van der Waals surface area contributed by atoms with Crippen LogP contribution in [0.25, 0.3) is 0 Å². The van der Waals surface area contributed by atoms with E-state index in [1.807, 2.05) is 0 Å². The highest BCUT2D eigenvalue weighted by atomic mass is 35.5. The van der Waals surface area contributed by atoms with E-state index in [0.29, 0.717) is 12.1 Å². The maximum Gasteiger partial charge on any atom is 0.418 e. The molecule has 7 nitrogen and oxygen atoms in total. The lowest BCUT2D eigenvalue weighted by Crippen LogP contribution is -2.59. The molecule has 3 aromatic carbocycles. The normalized spacial score (nSPS) is 14.7. The number of rotatable bonds is 6. The molecule has 228 valence electrons. The molecule has 0 saturated heterocycles. The fourth-order valence-electron chi connectivity index (χ4n) is 4.70. The second kappa shape index (κ2) is 11.8. The van der Waals surface area contributed by atoms with Gasteiger partial charge < -0.3 is 29.6 Å². The highest BCUT2D eigenvalue weighted by Gasteiger charge is 2.49. The Labute approximate surface area is 253 Å². The number of thioether (sulfide) groups is 1. The number of carbonyl (C=O) groups excluding carboxylic acids is 3. The number of nitrogens with zero attached hydrogens (tertiary/aromatic N) is 2. The lowest BCUT2D eigenvalue weighted by Gasteiger charge is -2.44. The van der Waals surface area contributed by atoms with Gasteiger partial charge >= 0.3 is 12.4 Å². The Bertz CT molecular complexity index is 1520. The molecule has 1 heterocycles. The van der Waals surface area contributed by atoms with Crippen molar-refractivity contribution in [3.05, 3.63) is 87.4 Å². The van der Waals surface area contributed by atoms with Crippen molar-refractivity contribution < 1.29 is 50.9 Å². The van der Waals surface area contributed by atoms with Gasteiger partial charge in [-0.15, -0.1) is 11.8 Å². The van der Waals surface area contributed by atoms with E-state index >= 15 is 0 Å². The minimum absolute atomic E-state index is 0.0270. The quantitative estimate of drug-likeness (QED) is 0.299. The van der Waals surface area contributed by atoms with E-state index in [2.05, 4.69) is 0 Å². The summed E-state index contributed by atoms with van der Waals surface area (Å²) in [5.41, 5.74) is -7.20. The summed E-state index contributed by atoms with van der Waals surface area (Å²) >= 11 is 13.1. The van der Waals surface area contributed by atoms with E-state index in [9.17, 15) is 50.9 Å². The molecule has 0 N–H and O–H groups in total. The Morgan fingerprint density at radius 2 is 1.23 bits per heavy atom. The third-order valence-corrected chi connectivity index (χ3v) is 8.96. The van der Waals surface area contributed by atoms with Crippen molar-refractivity contribution in [2.75, 3.05) is 28.6 Å². The molecule has 2 amide bonds. The van der Waals surface area contributed by atoms with Crippen LogP contribution in [0.5, 0.6) is 0 Å². The maximum absolute atomic E-state index is 14.1. The van der Waals surface area contributed by atoms with E-state index < -0.39 is 77.1 Å². The molecule has 0 bridgehead atoms. The fraction of sp³-hybridized carbons (Fsp3) is 0.222. The van der Waals surface area contributed by atoms with Gasteiger partial charge in [-0.25, -0.2) is 0 Å². The lowest BCUT2D eigenvalue weighted by molar-refractivity contribution is -0.247. The maximum atomic E-state index is 14.1. The van der Waals surface area contributed by atoms with Crippen molar-refractivity contribution in [3.8, 4) is 0 Å². The summed E-state index contributed by atoms with van der Waals surface area (Å²) in [4.78, 5) is 39.1. The van der Waals surface area contributed by atoms with E-state index in [0.717, 1.165) is 48.2 Å². The van der Waals surface area contributed by atoms with Gasteiger partial charge in [0.15, 0.2) is 5.78 Å². The summed E-state index contributed by atoms with van der Waals surface area (Å²) in [6, 6.07) is 9.33. The first-order valence-electron chi connectivity index (χ1n) is 11.9. The van der Waals surface area contributed by atoms with Crippen molar-refractivity contribution in [2.45, 2.75) is 17.2 Å². The summed E-state index contributed by atoms with van der Waals surface area (Å²) in [5.74, 6) is -1.54. The molecule has 0 spiro atoms. The average Bonchev–Trinajstić information content (AvgIpc) is 2.93. The number of halogens is 8. The van der Waals surface area contributed by atoms with Crippen molar-refractivity contribution in [3.63, 3.8) is 0 Å². The third-order valence-electron chi connectivity index (χ3n) is 6.63. The molecule has 0 aromatic heterocycles. The second-order valence-electron chi connectivity index (χ2n) is 9.37. The van der Waals surface area contributed by atoms with Gasteiger partial charge in [0.2, 0.25) is 0 Å². The molecule has 43 heavy (non-hydrogen) atoms. The molecule has 1 aliphatic heterocycles. The summed E-state index contributed by atoms with van der Waals surface area (Å²) in [6.45, 7) is -2.29. The third kappa shape index (κ3) is 6.36. The average molecular weight is 665 g/mol. The first-order chi connectivity index (χ1) is 20.0. The highest BCUT2D eigenvalue weighted by Crippen LogP contribution is 2.48. The van der Waals surface area contributed by atoms with E-state index in [-0.39, 0.29) is 30.3 Å². The van der Waals surface area contributed by atoms with Crippen molar-refractivity contribution in [1.82, 2.24) is 0 Å². The highest BCUT2D eigenvalue weighted by molar-refractivity contribution is 7.99. The van der Waals surface area contributed by atoms with Gasteiger partial charge in [0.1, 0.15) is 12.2 Å². The van der Waals surface area contributed by atoms with Crippen LogP contribution in [0.1, 0.15) is 21.5 Å². The van der Waals surface area contributed by atoms with Gasteiger partial charge in [0.25, 0.3) is 0 Å². The smallest absolute Gasteiger partial charge is 0.418 e.